The lowest BCUT2D eigenvalue weighted by Crippen LogP contribution is -2.29. The van der Waals surface area contributed by atoms with Crippen LogP contribution in [-0.2, 0) is 0 Å². The second-order valence-electron chi connectivity index (χ2n) is 6.45. The largest absolute Gasteiger partial charge is 0.310 e. The lowest BCUT2D eigenvalue weighted by atomic mass is 9.79. The molecule has 1 aliphatic carbocycles. The molecule has 21 heavy (non-hydrogen) atoms. The molecule has 1 nitrogen and oxygen atoms in total. The first kappa shape index (κ1) is 14.6. The molecule has 1 heteroatoms. The van der Waals surface area contributed by atoms with E-state index in [1.165, 1.54) is 54.0 Å². The van der Waals surface area contributed by atoms with Gasteiger partial charge >= 0.3 is 0 Å². The zero-order valence-electron chi connectivity index (χ0n) is 13.4. The molecule has 1 unspecified atom stereocenters. The average molecular weight is 281 g/mol. The first-order chi connectivity index (χ1) is 10.3. The molecule has 2 aromatic rings. The number of benzene rings is 2. The van der Waals surface area contributed by atoms with Crippen LogP contribution in [0.5, 0.6) is 0 Å². The van der Waals surface area contributed by atoms with Crippen LogP contribution >= 0.6 is 0 Å². The molecule has 112 valence electrons. The Balaban J connectivity index is 2.04. The second-order valence-corrected chi connectivity index (χ2v) is 6.45. The van der Waals surface area contributed by atoms with Gasteiger partial charge in [-0.15, -0.1) is 0 Å². The Labute approximate surface area is 128 Å². The van der Waals surface area contributed by atoms with E-state index in [4.69, 9.17) is 0 Å². The number of aryl methyl sites for hydroxylation is 1. The molecule has 0 heterocycles. The first-order valence-corrected chi connectivity index (χ1v) is 8.53. The average Bonchev–Trinajstić information content (AvgIpc) is 2.55. The highest BCUT2D eigenvalue weighted by Gasteiger charge is 2.25. The van der Waals surface area contributed by atoms with Gasteiger partial charge in [0.1, 0.15) is 0 Å². The first-order valence-electron chi connectivity index (χ1n) is 8.53. The molecule has 3 rings (SSSR count). The highest BCUT2D eigenvalue weighted by molar-refractivity contribution is 5.89. The van der Waals surface area contributed by atoms with E-state index in [-0.39, 0.29) is 0 Å². The number of fused-ring (bicyclic) bond motifs is 1. The zero-order valence-corrected chi connectivity index (χ0v) is 13.4. The Hall–Kier alpha value is -1.34. The molecule has 0 aliphatic heterocycles. The van der Waals surface area contributed by atoms with Crippen LogP contribution in [0.2, 0.25) is 0 Å². The molecule has 0 radical (unpaired) electrons. The Kier molecular flexibility index (Phi) is 4.60. The highest BCUT2D eigenvalue weighted by Crippen LogP contribution is 2.37. The van der Waals surface area contributed by atoms with Gasteiger partial charge in [-0.05, 0) is 54.1 Å². The normalized spacial score (nSPS) is 18.0. The van der Waals surface area contributed by atoms with E-state index in [2.05, 4.69) is 55.6 Å². The van der Waals surface area contributed by atoms with Gasteiger partial charge in [-0.25, -0.2) is 0 Å². The Bertz CT molecular complexity index is 596. The molecule has 0 aromatic heterocycles. The van der Waals surface area contributed by atoms with Crippen LogP contribution in [0.15, 0.2) is 36.4 Å². The summed E-state index contributed by atoms with van der Waals surface area (Å²) in [7, 11) is 0. The van der Waals surface area contributed by atoms with E-state index in [1.54, 1.807) is 0 Å². The SMILES string of the molecule is CCNC(c1ccc(C)c2ccccc12)C1CCCCC1. The lowest BCUT2D eigenvalue weighted by Gasteiger charge is -2.32. The topological polar surface area (TPSA) is 12.0 Å². The minimum absolute atomic E-state index is 0.515. The van der Waals surface area contributed by atoms with E-state index in [9.17, 15) is 0 Å². The smallest absolute Gasteiger partial charge is 0.0354 e. The van der Waals surface area contributed by atoms with Crippen LogP contribution < -0.4 is 5.32 Å². The molecular formula is C20H27N. The molecule has 0 amide bonds. The van der Waals surface area contributed by atoms with Gasteiger partial charge in [-0.3, -0.25) is 0 Å². The Morgan fingerprint density at radius 2 is 1.71 bits per heavy atom. The minimum atomic E-state index is 0.515. The Morgan fingerprint density at radius 3 is 2.43 bits per heavy atom. The third kappa shape index (κ3) is 2.98. The fourth-order valence-corrected chi connectivity index (χ4v) is 3.96. The maximum Gasteiger partial charge on any atom is 0.0354 e. The summed E-state index contributed by atoms with van der Waals surface area (Å²) in [4.78, 5) is 0. The van der Waals surface area contributed by atoms with E-state index in [0.29, 0.717) is 6.04 Å². The molecular weight excluding hydrogens is 254 g/mol. The summed E-state index contributed by atoms with van der Waals surface area (Å²) in [6.45, 7) is 5.49. The van der Waals surface area contributed by atoms with Gasteiger partial charge in [0.25, 0.3) is 0 Å². The summed E-state index contributed by atoms with van der Waals surface area (Å²) in [5.41, 5.74) is 2.89. The van der Waals surface area contributed by atoms with Gasteiger partial charge < -0.3 is 5.32 Å². The van der Waals surface area contributed by atoms with Gasteiger partial charge in [0.2, 0.25) is 0 Å². The van der Waals surface area contributed by atoms with Crippen molar-refractivity contribution in [1.82, 2.24) is 5.32 Å². The predicted octanol–water partition coefficient (Wildman–Crippen LogP) is 5.38. The van der Waals surface area contributed by atoms with E-state index < -0.39 is 0 Å². The van der Waals surface area contributed by atoms with Crippen molar-refractivity contribution in [3.05, 3.63) is 47.5 Å². The fourth-order valence-electron chi connectivity index (χ4n) is 3.96. The van der Waals surface area contributed by atoms with Gasteiger partial charge in [0.05, 0.1) is 0 Å². The standard InChI is InChI=1S/C20H27N/c1-3-21-20(16-9-5-4-6-10-16)19-14-13-15(2)17-11-7-8-12-18(17)19/h7-8,11-14,16,20-21H,3-6,9-10H2,1-2H3. The van der Waals surface area contributed by atoms with Gasteiger partial charge in [0.15, 0.2) is 0 Å². The highest BCUT2D eigenvalue weighted by atomic mass is 14.9. The van der Waals surface area contributed by atoms with Crippen molar-refractivity contribution in [3.8, 4) is 0 Å². The van der Waals surface area contributed by atoms with Crippen molar-refractivity contribution in [2.24, 2.45) is 5.92 Å². The second kappa shape index (κ2) is 6.62. The van der Waals surface area contributed by atoms with E-state index in [1.807, 2.05) is 0 Å². The zero-order chi connectivity index (χ0) is 14.7. The molecule has 1 atom stereocenters. The lowest BCUT2D eigenvalue weighted by molar-refractivity contribution is 0.275. The molecule has 2 aromatic carbocycles. The molecule has 0 saturated heterocycles. The summed E-state index contributed by atoms with van der Waals surface area (Å²) < 4.78 is 0. The molecule has 0 bridgehead atoms. The summed E-state index contributed by atoms with van der Waals surface area (Å²) in [6, 6.07) is 14.1. The van der Waals surface area contributed by atoms with Gasteiger partial charge in [-0.1, -0.05) is 62.6 Å². The third-order valence-corrected chi connectivity index (χ3v) is 5.06. The van der Waals surface area contributed by atoms with E-state index >= 15 is 0 Å². The molecule has 1 fully saturated rings. The summed E-state index contributed by atoms with van der Waals surface area (Å²) in [6.07, 6.45) is 6.97. The summed E-state index contributed by atoms with van der Waals surface area (Å²) in [5.74, 6) is 0.796. The number of rotatable bonds is 4. The predicted molar refractivity (Wildman–Crippen MR) is 91.7 cm³/mol. The Morgan fingerprint density at radius 1 is 1.00 bits per heavy atom. The van der Waals surface area contributed by atoms with E-state index in [0.717, 1.165) is 12.5 Å². The monoisotopic (exact) mass is 281 g/mol. The van der Waals surface area contributed by atoms with Crippen LogP contribution in [0.3, 0.4) is 0 Å². The molecule has 1 aliphatic rings. The van der Waals surface area contributed by atoms with Crippen LogP contribution in [0.4, 0.5) is 0 Å². The maximum atomic E-state index is 3.78. The van der Waals surface area contributed by atoms with Crippen molar-refractivity contribution in [2.75, 3.05) is 6.54 Å². The van der Waals surface area contributed by atoms with Gasteiger partial charge in [-0.2, -0.15) is 0 Å². The number of nitrogens with one attached hydrogen (secondary N) is 1. The van der Waals surface area contributed by atoms with Crippen LogP contribution in [0, 0.1) is 12.8 Å². The molecule has 0 spiro atoms. The van der Waals surface area contributed by atoms with Crippen LogP contribution in [0.25, 0.3) is 10.8 Å². The van der Waals surface area contributed by atoms with Crippen LogP contribution in [-0.4, -0.2) is 6.54 Å². The number of hydrogen-bond donors (Lipinski definition) is 1. The molecule has 1 N–H and O–H groups in total. The third-order valence-electron chi connectivity index (χ3n) is 5.06. The van der Waals surface area contributed by atoms with Crippen molar-refractivity contribution < 1.29 is 0 Å². The van der Waals surface area contributed by atoms with Crippen LogP contribution in [0.1, 0.15) is 56.2 Å². The van der Waals surface area contributed by atoms with Gasteiger partial charge in [0, 0.05) is 6.04 Å². The van der Waals surface area contributed by atoms with Crippen molar-refractivity contribution in [3.63, 3.8) is 0 Å². The number of hydrogen-bond acceptors (Lipinski definition) is 1. The maximum absolute atomic E-state index is 3.78. The quantitative estimate of drug-likeness (QED) is 0.793. The van der Waals surface area contributed by atoms with Crippen molar-refractivity contribution >= 4 is 10.8 Å². The molecule has 1 saturated carbocycles. The fraction of sp³-hybridized carbons (Fsp3) is 0.500. The van der Waals surface area contributed by atoms with Crippen molar-refractivity contribution in [2.45, 2.75) is 52.0 Å². The summed E-state index contributed by atoms with van der Waals surface area (Å²) in [5, 5.41) is 6.63. The minimum Gasteiger partial charge on any atom is -0.310 e. The van der Waals surface area contributed by atoms with Crippen molar-refractivity contribution in [1.29, 1.82) is 0 Å². The summed E-state index contributed by atoms with van der Waals surface area (Å²) >= 11 is 0.